The zero-order chi connectivity index (χ0) is 28.5. The summed E-state index contributed by atoms with van der Waals surface area (Å²) in [6, 6.07) is 8.97. The Hall–Kier alpha value is -3.24. The quantitative estimate of drug-likeness (QED) is 0.239. The van der Waals surface area contributed by atoms with Crippen LogP contribution in [0.3, 0.4) is 0 Å². The van der Waals surface area contributed by atoms with Gasteiger partial charge in [0.2, 0.25) is 0 Å². The SMILES string of the molecule is COC(=O)Nc1nc2c(C(C)C)cc(SC3=C(O)C[C@@](CCc4ccc(O)cc4)(C(C)C)OC3=O)c(C)c2s1. The molecule has 39 heavy (non-hydrogen) atoms. The number of amides is 1. The molecule has 0 saturated heterocycles. The van der Waals surface area contributed by atoms with Crippen molar-refractivity contribution in [3.05, 3.63) is 57.7 Å². The Morgan fingerprint density at radius 1 is 1.23 bits per heavy atom. The number of aromatic nitrogens is 1. The van der Waals surface area contributed by atoms with Gasteiger partial charge in [-0.1, -0.05) is 62.9 Å². The van der Waals surface area contributed by atoms with Crippen LogP contribution in [0.1, 0.15) is 63.1 Å². The van der Waals surface area contributed by atoms with E-state index < -0.39 is 17.7 Å². The van der Waals surface area contributed by atoms with Crippen molar-refractivity contribution in [3.63, 3.8) is 0 Å². The van der Waals surface area contributed by atoms with Crippen molar-refractivity contribution >= 4 is 50.5 Å². The lowest BCUT2D eigenvalue weighted by Crippen LogP contribution is -2.44. The summed E-state index contributed by atoms with van der Waals surface area (Å²) in [5.41, 5.74) is 2.85. The van der Waals surface area contributed by atoms with Crippen molar-refractivity contribution in [2.45, 2.75) is 70.3 Å². The molecule has 4 rings (SSSR count). The fourth-order valence-electron chi connectivity index (χ4n) is 4.67. The van der Waals surface area contributed by atoms with E-state index in [2.05, 4.69) is 24.1 Å². The van der Waals surface area contributed by atoms with Gasteiger partial charge in [0.1, 0.15) is 22.0 Å². The third-order valence-corrected chi connectivity index (χ3v) is 9.50. The molecule has 0 fully saturated rings. The van der Waals surface area contributed by atoms with Gasteiger partial charge in [0.15, 0.2) is 5.13 Å². The standard InChI is InChI=1S/C29H34N2O6S2/c1-15(2)20-13-22(17(5)24-23(20)30-27(39-24)31-28(35)36-6)38-25-21(33)14-29(16(3)4,37-26(25)34)12-11-18-7-9-19(32)10-8-18/h7-10,13,15-16,32-33H,11-12,14H2,1-6H3,(H,30,31,35)/t29-/m0/s1. The molecule has 3 N–H and O–H groups in total. The third-order valence-electron chi connectivity index (χ3n) is 7.16. The van der Waals surface area contributed by atoms with Gasteiger partial charge in [-0.3, -0.25) is 5.32 Å². The number of thiazole rings is 1. The van der Waals surface area contributed by atoms with Crippen LogP contribution in [0, 0.1) is 12.8 Å². The molecule has 1 aliphatic rings. The number of hydrogen-bond donors (Lipinski definition) is 3. The number of cyclic esters (lactones) is 1. The number of aliphatic hydroxyl groups is 1. The predicted octanol–water partition coefficient (Wildman–Crippen LogP) is 7.45. The summed E-state index contributed by atoms with van der Waals surface area (Å²) >= 11 is 2.54. The lowest BCUT2D eigenvalue weighted by atomic mass is 9.80. The fraction of sp³-hybridized carbons (Fsp3) is 0.414. The van der Waals surface area contributed by atoms with Crippen molar-refractivity contribution in [1.29, 1.82) is 0 Å². The van der Waals surface area contributed by atoms with Crippen LogP contribution >= 0.6 is 23.1 Å². The van der Waals surface area contributed by atoms with E-state index in [1.807, 2.05) is 39.0 Å². The van der Waals surface area contributed by atoms with Crippen molar-refractivity contribution in [2.24, 2.45) is 5.92 Å². The molecule has 208 valence electrons. The number of hydrogen-bond acceptors (Lipinski definition) is 9. The summed E-state index contributed by atoms with van der Waals surface area (Å²) in [5.74, 6) is -0.192. The van der Waals surface area contributed by atoms with Gasteiger partial charge in [-0.15, -0.1) is 0 Å². The number of nitrogens with zero attached hydrogens (tertiary/aromatic N) is 1. The molecule has 0 unspecified atom stereocenters. The summed E-state index contributed by atoms with van der Waals surface area (Å²) in [4.78, 5) is 30.7. The molecule has 8 nitrogen and oxygen atoms in total. The van der Waals surface area contributed by atoms with Crippen molar-refractivity contribution in [1.82, 2.24) is 4.98 Å². The van der Waals surface area contributed by atoms with Crippen molar-refractivity contribution < 1.29 is 29.3 Å². The number of rotatable bonds is 8. The van der Waals surface area contributed by atoms with Crippen molar-refractivity contribution in [3.8, 4) is 5.75 Å². The number of nitrogens with one attached hydrogen (secondary N) is 1. The minimum absolute atomic E-state index is 0.0178. The highest BCUT2D eigenvalue weighted by molar-refractivity contribution is 8.04. The summed E-state index contributed by atoms with van der Waals surface area (Å²) < 4.78 is 11.7. The topological polar surface area (TPSA) is 118 Å². The Morgan fingerprint density at radius 3 is 2.51 bits per heavy atom. The normalized spacial score (nSPS) is 17.7. The molecule has 0 bridgehead atoms. The minimum Gasteiger partial charge on any atom is -0.511 e. The second kappa shape index (κ2) is 11.5. The molecule has 1 aliphatic heterocycles. The minimum atomic E-state index is -0.836. The predicted molar refractivity (Wildman–Crippen MR) is 155 cm³/mol. The average Bonchev–Trinajstić information content (AvgIpc) is 3.30. The van der Waals surface area contributed by atoms with Crippen LogP contribution < -0.4 is 5.32 Å². The summed E-state index contributed by atoms with van der Waals surface area (Å²) in [6.45, 7) is 10.0. The number of aryl methyl sites for hydroxylation is 2. The number of benzene rings is 2. The molecule has 0 saturated carbocycles. The van der Waals surface area contributed by atoms with Gasteiger partial charge in [-0.2, -0.15) is 0 Å². The molecular weight excluding hydrogens is 536 g/mol. The number of aromatic hydroxyl groups is 1. The first-order valence-corrected chi connectivity index (χ1v) is 14.5. The Morgan fingerprint density at radius 2 is 1.92 bits per heavy atom. The maximum absolute atomic E-state index is 13.4. The Labute approximate surface area is 236 Å². The van der Waals surface area contributed by atoms with E-state index in [0.717, 1.165) is 31.8 Å². The second-order valence-corrected chi connectivity index (χ2v) is 12.4. The number of methoxy groups -OCH3 is 1. The lowest BCUT2D eigenvalue weighted by Gasteiger charge is -2.40. The van der Waals surface area contributed by atoms with E-state index in [1.165, 1.54) is 30.2 Å². The third kappa shape index (κ3) is 6.01. The van der Waals surface area contributed by atoms with Crippen LogP contribution in [0.4, 0.5) is 9.93 Å². The number of anilines is 1. The van der Waals surface area contributed by atoms with Gasteiger partial charge >= 0.3 is 12.1 Å². The van der Waals surface area contributed by atoms with Crippen LogP contribution in [0.5, 0.6) is 5.75 Å². The first kappa shape index (κ1) is 28.8. The molecule has 0 spiro atoms. The highest BCUT2D eigenvalue weighted by Crippen LogP contribution is 2.46. The van der Waals surface area contributed by atoms with Gasteiger partial charge in [0.05, 0.1) is 17.3 Å². The maximum atomic E-state index is 13.4. The van der Waals surface area contributed by atoms with Gasteiger partial charge in [0.25, 0.3) is 0 Å². The molecule has 0 aliphatic carbocycles. The van der Waals surface area contributed by atoms with Crippen LogP contribution in [-0.4, -0.2) is 40.0 Å². The first-order chi connectivity index (χ1) is 18.4. The van der Waals surface area contributed by atoms with E-state index in [-0.39, 0.29) is 34.7 Å². The molecule has 2 aromatic carbocycles. The number of esters is 1. The maximum Gasteiger partial charge on any atom is 0.413 e. The number of phenolic OH excluding ortho intramolecular Hbond substituents is 1. The summed E-state index contributed by atoms with van der Waals surface area (Å²) in [6.07, 6.45) is 0.819. The van der Waals surface area contributed by atoms with E-state index in [0.29, 0.717) is 18.0 Å². The molecule has 1 atom stereocenters. The molecule has 1 amide bonds. The van der Waals surface area contributed by atoms with E-state index >= 15 is 0 Å². The Balaban J connectivity index is 1.65. The van der Waals surface area contributed by atoms with Crippen LogP contribution in [0.25, 0.3) is 10.2 Å². The number of thioether (sulfide) groups is 1. The smallest absolute Gasteiger partial charge is 0.413 e. The van der Waals surface area contributed by atoms with Gasteiger partial charge in [0, 0.05) is 11.3 Å². The molecule has 2 heterocycles. The molecule has 1 aromatic heterocycles. The van der Waals surface area contributed by atoms with Gasteiger partial charge in [-0.05, 0) is 66.5 Å². The Bertz CT molecular complexity index is 1430. The first-order valence-electron chi connectivity index (χ1n) is 12.8. The largest absolute Gasteiger partial charge is 0.511 e. The Kier molecular flexibility index (Phi) is 8.46. The lowest BCUT2D eigenvalue weighted by molar-refractivity contribution is -0.164. The number of ether oxygens (including phenoxy) is 2. The number of phenols is 1. The van der Waals surface area contributed by atoms with Crippen LogP contribution in [-0.2, 0) is 20.7 Å². The number of carbonyl (C=O) groups is 2. The fourth-order valence-corrected chi connectivity index (χ4v) is 6.69. The second-order valence-electron chi connectivity index (χ2n) is 10.4. The summed E-state index contributed by atoms with van der Waals surface area (Å²) in [5, 5.41) is 23.8. The number of fused-ring (bicyclic) bond motifs is 1. The molecular formula is C29H34N2O6S2. The van der Waals surface area contributed by atoms with Crippen molar-refractivity contribution in [2.75, 3.05) is 12.4 Å². The molecule has 3 aromatic rings. The van der Waals surface area contributed by atoms with Crippen LogP contribution in [0.15, 0.2) is 45.9 Å². The molecule has 10 heteroatoms. The number of aliphatic hydroxyl groups excluding tert-OH is 1. The van der Waals surface area contributed by atoms with E-state index in [9.17, 15) is 19.8 Å². The van der Waals surface area contributed by atoms with E-state index in [4.69, 9.17) is 9.47 Å². The van der Waals surface area contributed by atoms with E-state index in [1.54, 1.807) is 12.1 Å². The highest BCUT2D eigenvalue weighted by Gasteiger charge is 2.44. The molecule has 0 radical (unpaired) electrons. The average molecular weight is 571 g/mol. The zero-order valence-electron chi connectivity index (χ0n) is 23.0. The summed E-state index contributed by atoms with van der Waals surface area (Å²) in [7, 11) is 1.30. The van der Waals surface area contributed by atoms with Gasteiger partial charge in [-0.25, -0.2) is 14.6 Å². The number of carbonyl (C=O) groups excluding carboxylic acids is 2. The monoisotopic (exact) mass is 570 g/mol. The highest BCUT2D eigenvalue weighted by atomic mass is 32.2. The van der Waals surface area contributed by atoms with Gasteiger partial charge < -0.3 is 19.7 Å². The van der Waals surface area contributed by atoms with Crippen LogP contribution in [0.2, 0.25) is 0 Å². The zero-order valence-corrected chi connectivity index (χ0v) is 24.6.